The lowest BCUT2D eigenvalue weighted by Gasteiger charge is -2.11. The molecule has 11 aromatic rings. The van der Waals surface area contributed by atoms with Gasteiger partial charge in [0, 0.05) is 49.3 Å². The fraction of sp³-hybridized carbons (Fsp3) is 0.0204. The Bertz CT molecular complexity index is 3190. The summed E-state index contributed by atoms with van der Waals surface area (Å²) in [5.41, 5.74) is 14.8. The molecular formula is C49H32N2O. The predicted molar refractivity (Wildman–Crippen MR) is 218 cm³/mol. The Hall–Kier alpha value is -6.84. The number of nitrogens with zero attached hydrogens (tertiary/aromatic N) is 2. The average molecular weight is 665 g/mol. The fourth-order valence-corrected chi connectivity index (χ4v) is 8.34. The van der Waals surface area contributed by atoms with E-state index in [4.69, 9.17) is 4.42 Å². The van der Waals surface area contributed by atoms with Gasteiger partial charge >= 0.3 is 0 Å². The number of aryl methyl sites for hydroxylation is 1. The maximum Gasteiger partial charge on any atom is 0.143 e. The summed E-state index contributed by atoms with van der Waals surface area (Å²) in [6, 6.07) is 63.7. The Morgan fingerprint density at radius 1 is 0.365 bits per heavy atom. The highest BCUT2D eigenvalue weighted by molar-refractivity contribution is 6.13. The standard InChI is InChI=1S/C49H32N2O/c1-31-20-24-35(25-21-31)50-44-17-5-2-12-38(44)42-29-32(22-26-46(42)50)33-23-27-47-43(30-33)39-13-3-6-18-45(39)51(47)36-11-8-10-34(28-36)37-15-9-16-41-40-14-4-7-19-48(40)52-49(37)41/h2-30H,1H3. The number of aromatic nitrogens is 2. The van der Waals surface area contributed by atoms with Crippen LogP contribution in [0.5, 0.6) is 0 Å². The van der Waals surface area contributed by atoms with Gasteiger partial charge < -0.3 is 13.6 Å². The van der Waals surface area contributed by atoms with Crippen LogP contribution >= 0.6 is 0 Å². The van der Waals surface area contributed by atoms with Gasteiger partial charge in [0.05, 0.1) is 22.1 Å². The molecule has 0 amide bonds. The third-order valence-corrected chi connectivity index (χ3v) is 10.8. The van der Waals surface area contributed by atoms with Gasteiger partial charge in [0.15, 0.2) is 0 Å². The highest BCUT2D eigenvalue weighted by Crippen LogP contribution is 2.40. The lowest BCUT2D eigenvalue weighted by atomic mass is 10.0. The minimum Gasteiger partial charge on any atom is -0.455 e. The Balaban J connectivity index is 1.07. The van der Waals surface area contributed by atoms with E-state index in [9.17, 15) is 0 Å². The zero-order valence-corrected chi connectivity index (χ0v) is 28.5. The van der Waals surface area contributed by atoms with Crippen LogP contribution in [-0.2, 0) is 0 Å². The summed E-state index contributed by atoms with van der Waals surface area (Å²) >= 11 is 0. The lowest BCUT2D eigenvalue weighted by molar-refractivity contribution is 0.670. The van der Waals surface area contributed by atoms with Gasteiger partial charge in [0.1, 0.15) is 11.2 Å². The quantitative estimate of drug-likeness (QED) is 0.184. The molecule has 0 saturated carbocycles. The topological polar surface area (TPSA) is 23.0 Å². The van der Waals surface area contributed by atoms with E-state index in [1.807, 2.05) is 12.1 Å². The van der Waals surface area contributed by atoms with E-state index < -0.39 is 0 Å². The van der Waals surface area contributed by atoms with Gasteiger partial charge in [0.2, 0.25) is 0 Å². The van der Waals surface area contributed by atoms with Crippen molar-refractivity contribution in [3.8, 4) is 33.6 Å². The molecule has 0 fully saturated rings. The second-order valence-corrected chi connectivity index (χ2v) is 13.8. The lowest BCUT2D eigenvalue weighted by Crippen LogP contribution is -1.94. The van der Waals surface area contributed by atoms with Crippen molar-refractivity contribution in [2.24, 2.45) is 0 Å². The van der Waals surface area contributed by atoms with Crippen LogP contribution in [0.4, 0.5) is 0 Å². The molecule has 3 nitrogen and oxygen atoms in total. The predicted octanol–water partition coefficient (Wildman–Crippen LogP) is 13.4. The van der Waals surface area contributed by atoms with Gasteiger partial charge in [-0.05, 0) is 90.3 Å². The Labute approximate surface area is 300 Å². The number of fused-ring (bicyclic) bond motifs is 9. The summed E-state index contributed by atoms with van der Waals surface area (Å²) < 4.78 is 11.2. The van der Waals surface area contributed by atoms with Crippen LogP contribution < -0.4 is 0 Å². The van der Waals surface area contributed by atoms with Crippen molar-refractivity contribution >= 4 is 65.6 Å². The molecule has 0 atom stereocenters. The molecular weight excluding hydrogens is 633 g/mol. The monoisotopic (exact) mass is 664 g/mol. The Morgan fingerprint density at radius 2 is 0.923 bits per heavy atom. The van der Waals surface area contributed by atoms with E-state index in [1.54, 1.807) is 0 Å². The zero-order chi connectivity index (χ0) is 34.3. The first-order valence-electron chi connectivity index (χ1n) is 17.8. The van der Waals surface area contributed by atoms with E-state index in [1.165, 1.54) is 66.0 Å². The maximum absolute atomic E-state index is 6.43. The summed E-state index contributed by atoms with van der Waals surface area (Å²) in [6.07, 6.45) is 0. The van der Waals surface area contributed by atoms with Gasteiger partial charge in [0.25, 0.3) is 0 Å². The third-order valence-electron chi connectivity index (χ3n) is 10.8. The summed E-state index contributed by atoms with van der Waals surface area (Å²) in [6.45, 7) is 2.14. The van der Waals surface area contributed by atoms with Crippen LogP contribution in [0.2, 0.25) is 0 Å². The van der Waals surface area contributed by atoms with Crippen molar-refractivity contribution in [3.05, 3.63) is 181 Å². The zero-order valence-electron chi connectivity index (χ0n) is 28.5. The van der Waals surface area contributed by atoms with Crippen LogP contribution in [-0.4, -0.2) is 9.13 Å². The molecule has 0 aliphatic heterocycles. The van der Waals surface area contributed by atoms with E-state index in [0.29, 0.717) is 0 Å². The van der Waals surface area contributed by atoms with Crippen molar-refractivity contribution in [2.75, 3.05) is 0 Å². The third kappa shape index (κ3) is 4.26. The number of furan rings is 1. The molecule has 8 aromatic carbocycles. The average Bonchev–Trinajstić information content (AvgIpc) is 3.86. The molecule has 3 heterocycles. The van der Waals surface area contributed by atoms with Crippen molar-refractivity contribution in [1.29, 1.82) is 0 Å². The summed E-state index contributed by atoms with van der Waals surface area (Å²) in [7, 11) is 0. The molecule has 0 aliphatic rings. The number of rotatable bonds is 4. The van der Waals surface area contributed by atoms with Crippen molar-refractivity contribution in [3.63, 3.8) is 0 Å². The van der Waals surface area contributed by atoms with E-state index in [-0.39, 0.29) is 0 Å². The number of hydrogen-bond donors (Lipinski definition) is 0. The molecule has 52 heavy (non-hydrogen) atoms. The Kier molecular flexibility index (Phi) is 6.17. The second kappa shape index (κ2) is 11.1. The largest absolute Gasteiger partial charge is 0.455 e. The molecule has 0 bridgehead atoms. The minimum atomic E-state index is 0.912. The molecule has 0 aliphatic carbocycles. The molecule has 0 radical (unpaired) electrons. The van der Waals surface area contributed by atoms with E-state index >= 15 is 0 Å². The molecule has 0 unspecified atom stereocenters. The van der Waals surface area contributed by atoms with Crippen molar-refractivity contribution in [2.45, 2.75) is 6.92 Å². The second-order valence-electron chi connectivity index (χ2n) is 13.8. The van der Waals surface area contributed by atoms with Gasteiger partial charge in [-0.15, -0.1) is 0 Å². The minimum absolute atomic E-state index is 0.912. The fourth-order valence-electron chi connectivity index (χ4n) is 8.34. The molecule has 11 rings (SSSR count). The van der Waals surface area contributed by atoms with Crippen molar-refractivity contribution in [1.82, 2.24) is 9.13 Å². The number of benzene rings is 8. The summed E-state index contributed by atoms with van der Waals surface area (Å²) in [5, 5.41) is 7.27. The van der Waals surface area contributed by atoms with E-state index in [0.717, 1.165) is 38.8 Å². The maximum atomic E-state index is 6.43. The Morgan fingerprint density at radius 3 is 1.62 bits per heavy atom. The summed E-state index contributed by atoms with van der Waals surface area (Å²) in [5.74, 6) is 0. The highest BCUT2D eigenvalue weighted by Gasteiger charge is 2.17. The van der Waals surface area contributed by atoms with Gasteiger partial charge in [-0.2, -0.15) is 0 Å². The molecule has 0 spiro atoms. The first kappa shape index (κ1) is 28.9. The van der Waals surface area contributed by atoms with Gasteiger partial charge in [-0.25, -0.2) is 0 Å². The molecule has 0 saturated heterocycles. The van der Waals surface area contributed by atoms with Crippen LogP contribution in [0.3, 0.4) is 0 Å². The highest BCUT2D eigenvalue weighted by atomic mass is 16.3. The normalized spacial score (nSPS) is 11.9. The smallest absolute Gasteiger partial charge is 0.143 e. The summed E-state index contributed by atoms with van der Waals surface area (Å²) in [4.78, 5) is 0. The van der Waals surface area contributed by atoms with Crippen LogP contribution in [0.1, 0.15) is 5.56 Å². The van der Waals surface area contributed by atoms with Crippen LogP contribution in [0.25, 0.3) is 99.2 Å². The molecule has 244 valence electrons. The molecule has 3 aromatic heterocycles. The van der Waals surface area contributed by atoms with Gasteiger partial charge in [-0.3, -0.25) is 0 Å². The number of para-hydroxylation sites is 4. The van der Waals surface area contributed by atoms with Crippen molar-refractivity contribution < 1.29 is 4.42 Å². The molecule has 3 heteroatoms. The van der Waals surface area contributed by atoms with E-state index in [2.05, 4.69) is 180 Å². The van der Waals surface area contributed by atoms with Crippen LogP contribution in [0, 0.1) is 6.92 Å². The molecule has 0 N–H and O–H groups in total. The first-order chi connectivity index (χ1) is 25.7. The van der Waals surface area contributed by atoms with Gasteiger partial charge in [-0.1, -0.05) is 115 Å². The SMILES string of the molecule is Cc1ccc(-n2c3ccccc3c3cc(-c4ccc5c(c4)c4ccccc4n5-c4cccc(-c5cccc6c5oc5ccccc56)c4)ccc32)cc1. The van der Waals surface area contributed by atoms with Crippen LogP contribution in [0.15, 0.2) is 180 Å². The first-order valence-corrected chi connectivity index (χ1v) is 17.8. The number of hydrogen-bond acceptors (Lipinski definition) is 1.